The minimum absolute atomic E-state index is 0. The van der Waals surface area contributed by atoms with Gasteiger partial charge in [0, 0.05) is 37.1 Å². The number of hydrogen-bond acceptors (Lipinski definition) is 4. The van der Waals surface area contributed by atoms with Gasteiger partial charge >= 0.3 is 0 Å². The third-order valence-electron chi connectivity index (χ3n) is 6.62. The summed E-state index contributed by atoms with van der Waals surface area (Å²) in [5, 5.41) is 2.99. The molecule has 0 unspecified atom stereocenters. The van der Waals surface area contributed by atoms with Gasteiger partial charge in [-0.2, -0.15) is 0 Å². The highest BCUT2D eigenvalue weighted by molar-refractivity contribution is 6.07. The SMILES string of the molecule is CC(C)(C)NC(=O)c1ccccc1C(=O)N1CCN(Cc2cnc[nH]2)c2ccc(-c3ccccc3)cc2C1.Cl.Cl. The zero-order valence-electron chi connectivity index (χ0n) is 22.9. The van der Waals surface area contributed by atoms with E-state index in [4.69, 9.17) is 0 Å². The summed E-state index contributed by atoms with van der Waals surface area (Å²) in [4.78, 5) is 38.5. The number of aromatic amines is 1. The van der Waals surface area contributed by atoms with E-state index in [1.807, 2.05) is 56.1 Å². The number of H-pyrrole nitrogens is 1. The van der Waals surface area contributed by atoms with Gasteiger partial charge in [-0.3, -0.25) is 9.59 Å². The Bertz CT molecular complexity index is 1440. The van der Waals surface area contributed by atoms with Gasteiger partial charge in [0.2, 0.25) is 0 Å². The summed E-state index contributed by atoms with van der Waals surface area (Å²) >= 11 is 0. The molecule has 0 radical (unpaired) electrons. The molecular weight excluding hydrogens is 545 g/mol. The highest BCUT2D eigenvalue weighted by Gasteiger charge is 2.28. The molecule has 40 heavy (non-hydrogen) atoms. The molecule has 9 heteroatoms. The topological polar surface area (TPSA) is 81.3 Å². The van der Waals surface area contributed by atoms with Crippen molar-refractivity contribution in [1.82, 2.24) is 20.2 Å². The lowest BCUT2D eigenvalue weighted by molar-refractivity contribution is 0.0743. The van der Waals surface area contributed by atoms with Crippen molar-refractivity contribution in [3.8, 4) is 11.1 Å². The maximum Gasteiger partial charge on any atom is 0.255 e. The number of anilines is 1. The average Bonchev–Trinajstić information content (AvgIpc) is 3.35. The number of halogens is 2. The van der Waals surface area contributed by atoms with Crippen molar-refractivity contribution in [1.29, 1.82) is 0 Å². The van der Waals surface area contributed by atoms with Crippen LogP contribution in [0.5, 0.6) is 0 Å². The van der Waals surface area contributed by atoms with Gasteiger partial charge in [0.1, 0.15) is 0 Å². The first-order valence-electron chi connectivity index (χ1n) is 12.9. The Kier molecular flexibility index (Phi) is 10.0. The van der Waals surface area contributed by atoms with Crippen LogP contribution in [-0.2, 0) is 13.1 Å². The number of imidazole rings is 1. The summed E-state index contributed by atoms with van der Waals surface area (Å²) in [7, 11) is 0. The molecule has 5 rings (SSSR count). The van der Waals surface area contributed by atoms with Gasteiger partial charge in [-0.15, -0.1) is 24.8 Å². The Balaban J connectivity index is 0.00000220. The van der Waals surface area contributed by atoms with Crippen molar-refractivity contribution >= 4 is 42.3 Å². The van der Waals surface area contributed by atoms with Crippen LogP contribution in [0, 0.1) is 0 Å². The molecule has 0 saturated heterocycles. The number of carbonyl (C=O) groups excluding carboxylic acids is 2. The lowest BCUT2D eigenvalue weighted by Crippen LogP contribution is -2.42. The molecule has 7 nitrogen and oxygen atoms in total. The molecule has 2 amide bonds. The minimum atomic E-state index is -0.407. The molecule has 2 N–H and O–H groups in total. The van der Waals surface area contributed by atoms with E-state index in [1.54, 1.807) is 24.5 Å². The van der Waals surface area contributed by atoms with Crippen LogP contribution in [0.3, 0.4) is 0 Å². The number of nitrogens with one attached hydrogen (secondary N) is 2. The van der Waals surface area contributed by atoms with E-state index >= 15 is 0 Å². The van der Waals surface area contributed by atoms with E-state index in [0.717, 1.165) is 28.1 Å². The van der Waals surface area contributed by atoms with Crippen LogP contribution in [0.2, 0.25) is 0 Å². The first-order chi connectivity index (χ1) is 18.3. The van der Waals surface area contributed by atoms with Crippen molar-refractivity contribution in [3.05, 3.63) is 108 Å². The molecule has 210 valence electrons. The van der Waals surface area contributed by atoms with Gasteiger partial charge in [0.05, 0.1) is 29.7 Å². The van der Waals surface area contributed by atoms with Gasteiger partial charge < -0.3 is 20.1 Å². The zero-order chi connectivity index (χ0) is 26.7. The molecule has 0 bridgehead atoms. The number of nitrogens with zero attached hydrogens (tertiary/aromatic N) is 3. The van der Waals surface area contributed by atoms with Gasteiger partial charge in [-0.1, -0.05) is 48.5 Å². The second kappa shape index (κ2) is 13.0. The molecule has 0 aliphatic carbocycles. The Morgan fingerprint density at radius 2 is 1.60 bits per heavy atom. The van der Waals surface area contributed by atoms with Gasteiger partial charge in [0.25, 0.3) is 11.8 Å². The smallest absolute Gasteiger partial charge is 0.255 e. The molecule has 3 aromatic carbocycles. The first-order valence-corrected chi connectivity index (χ1v) is 12.9. The minimum Gasteiger partial charge on any atom is -0.364 e. The van der Waals surface area contributed by atoms with E-state index in [1.165, 1.54) is 0 Å². The molecule has 0 spiro atoms. The summed E-state index contributed by atoms with van der Waals surface area (Å²) in [5.74, 6) is -0.395. The monoisotopic (exact) mass is 579 g/mol. The fourth-order valence-corrected chi connectivity index (χ4v) is 4.84. The quantitative estimate of drug-likeness (QED) is 0.299. The van der Waals surface area contributed by atoms with Crippen LogP contribution in [0.4, 0.5) is 5.69 Å². The maximum absolute atomic E-state index is 13.9. The van der Waals surface area contributed by atoms with Crippen LogP contribution in [0.1, 0.15) is 52.7 Å². The third-order valence-corrected chi connectivity index (χ3v) is 6.62. The fourth-order valence-electron chi connectivity index (χ4n) is 4.84. The predicted molar refractivity (Wildman–Crippen MR) is 164 cm³/mol. The van der Waals surface area contributed by atoms with Gasteiger partial charge in [0.15, 0.2) is 0 Å². The number of aromatic nitrogens is 2. The van der Waals surface area contributed by atoms with Crippen LogP contribution in [-0.4, -0.2) is 45.3 Å². The Hall–Kier alpha value is -3.81. The molecule has 0 saturated carbocycles. The average molecular weight is 581 g/mol. The molecule has 1 aromatic heterocycles. The second-order valence-electron chi connectivity index (χ2n) is 10.7. The lowest BCUT2D eigenvalue weighted by Gasteiger charge is -2.25. The van der Waals surface area contributed by atoms with Crippen molar-refractivity contribution in [2.75, 3.05) is 18.0 Å². The maximum atomic E-state index is 13.9. The summed E-state index contributed by atoms with van der Waals surface area (Å²) in [5.41, 5.74) is 5.79. The molecule has 0 fully saturated rings. The summed E-state index contributed by atoms with van der Waals surface area (Å²) in [6.07, 6.45) is 3.51. The number of benzene rings is 3. The highest BCUT2D eigenvalue weighted by Crippen LogP contribution is 2.32. The first kappa shape index (κ1) is 30.7. The zero-order valence-corrected chi connectivity index (χ0v) is 24.5. The number of amides is 2. The predicted octanol–water partition coefficient (Wildman–Crippen LogP) is 6.11. The molecule has 2 heterocycles. The number of fused-ring (bicyclic) bond motifs is 1. The fraction of sp³-hybridized carbons (Fsp3) is 0.258. The van der Waals surface area contributed by atoms with Crippen LogP contribution < -0.4 is 10.2 Å². The number of rotatable bonds is 5. The summed E-state index contributed by atoms with van der Waals surface area (Å²) in [6.45, 7) is 8.07. The van der Waals surface area contributed by atoms with Crippen molar-refractivity contribution in [2.24, 2.45) is 0 Å². The van der Waals surface area contributed by atoms with E-state index in [9.17, 15) is 9.59 Å². The molecule has 4 aromatic rings. The summed E-state index contributed by atoms with van der Waals surface area (Å²) in [6, 6.07) is 23.8. The normalized spacial score (nSPS) is 12.9. The van der Waals surface area contributed by atoms with Crippen molar-refractivity contribution in [3.63, 3.8) is 0 Å². The second-order valence-corrected chi connectivity index (χ2v) is 10.7. The standard InChI is InChI=1S/C31H33N5O2.2ClH/c1-31(2,3)34-29(37)26-11-7-8-12-27(26)30(38)36-16-15-35(20-25-18-32-21-33-25)28-14-13-23(17-24(28)19-36)22-9-5-4-6-10-22;;/h4-14,17-18,21H,15-16,19-20H2,1-3H3,(H,32,33)(H,34,37);2*1H. The Morgan fingerprint density at radius 1 is 0.900 bits per heavy atom. The lowest BCUT2D eigenvalue weighted by atomic mass is 10.0. The molecule has 1 aliphatic rings. The van der Waals surface area contributed by atoms with E-state index in [0.29, 0.717) is 37.3 Å². The van der Waals surface area contributed by atoms with Crippen LogP contribution >= 0.6 is 24.8 Å². The van der Waals surface area contributed by atoms with Gasteiger partial charge in [-0.05, 0) is 61.7 Å². The van der Waals surface area contributed by atoms with Crippen LogP contribution in [0.15, 0.2) is 85.3 Å². The molecule has 0 atom stereocenters. The largest absolute Gasteiger partial charge is 0.364 e. The van der Waals surface area contributed by atoms with E-state index in [2.05, 4.69) is 50.5 Å². The molecule has 1 aliphatic heterocycles. The summed E-state index contributed by atoms with van der Waals surface area (Å²) < 4.78 is 0. The van der Waals surface area contributed by atoms with Crippen molar-refractivity contribution in [2.45, 2.75) is 39.4 Å². The number of carbonyl (C=O) groups is 2. The highest BCUT2D eigenvalue weighted by atomic mass is 35.5. The van der Waals surface area contributed by atoms with E-state index < -0.39 is 5.54 Å². The Labute approximate surface area is 247 Å². The third kappa shape index (κ3) is 7.03. The molecular formula is C31H35Cl2N5O2. The Morgan fingerprint density at radius 3 is 2.27 bits per heavy atom. The van der Waals surface area contributed by atoms with Crippen LogP contribution in [0.25, 0.3) is 11.1 Å². The van der Waals surface area contributed by atoms with E-state index in [-0.39, 0.29) is 36.6 Å². The number of hydrogen-bond donors (Lipinski definition) is 2. The van der Waals surface area contributed by atoms with Gasteiger partial charge in [-0.25, -0.2) is 4.98 Å². The van der Waals surface area contributed by atoms with Crippen molar-refractivity contribution < 1.29 is 9.59 Å².